The lowest BCUT2D eigenvalue weighted by Gasteiger charge is -2.32. The van der Waals surface area contributed by atoms with Gasteiger partial charge in [-0.1, -0.05) is 0 Å². The lowest BCUT2D eigenvalue weighted by atomic mass is 10.1. The smallest absolute Gasteiger partial charge is 0.244 e. The molecule has 6 heteroatoms. The predicted octanol–water partition coefficient (Wildman–Crippen LogP) is -0.737. The maximum absolute atomic E-state index is 11.9. The number of nitrogens with one attached hydrogen (secondary N) is 2. The van der Waals surface area contributed by atoms with Gasteiger partial charge in [-0.2, -0.15) is 0 Å². The van der Waals surface area contributed by atoms with Gasteiger partial charge in [-0.15, -0.1) is 0 Å². The van der Waals surface area contributed by atoms with E-state index in [-0.39, 0.29) is 11.8 Å². The third kappa shape index (κ3) is 5.16. The highest BCUT2D eigenvalue weighted by Crippen LogP contribution is 2.08. The van der Waals surface area contributed by atoms with Crippen molar-refractivity contribution in [1.29, 1.82) is 0 Å². The lowest BCUT2D eigenvalue weighted by Crippen LogP contribution is -2.51. The Morgan fingerprint density at radius 2 is 2.11 bits per heavy atom. The van der Waals surface area contributed by atoms with Crippen LogP contribution in [0.25, 0.3) is 0 Å². The molecule has 0 aromatic rings. The van der Waals surface area contributed by atoms with Gasteiger partial charge in [0.25, 0.3) is 0 Å². The zero-order valence-corrected chi connectivity index (χ0v) is 12.4. The molecule has 110 valence electrons. The van der Waals surface area contributed by atoms with Crippen LogP contribution in [-0.4, -0.2) is 74.5 Å². The van der Waals surface area contributed by atoms with Crippen LogP contribution in [-0.2, 0) is 9.59 Å². The summed E-state index contributed by atoms with van der Waals surface area (Å²) in [5.74, 6) is -0.167. The molecule has 0 aliphatic carbocycles. The molecule has 1 saturated heterocycles. The number of carbonyl (C=O) groups is 2. The monoisotopic (exact) mass is 270 g/mol. The molecule has 1 aliphatic heterocycles. The van der Waals surface area contributed by atoms with Crippen LogP contribution in [0.1, 0.15) is 19.8 Å². The molecule has 2 amide bonds. The molecule has 1 heterocycles. The van der Waals surface area contributed by atoms with E-state index in [2.05, 4.69) is 15.5 Å². The minimum absolute atomic E-state index is 0.0832. The average molecular weight is 270 g/mol. The minimum Gasteiger partial charge on any atom is -0.347 e. The second kappa shape index (κ2) is 7.45. The summed E-state index contributed by atoms with van der Waals surface area (Å²) < 4.78 is 0. The van der Waals surface area contributed by atoms with Crippen molar-refractivity contribution in [2.24, 2.45) is 0 Å². The molecule has 0 aromatic heterocycles. The fourth-order valence-corrected chi connectivity index (χ4v) is 2.37. The number of piperidine rings is 1. The van der Waals surface area contributed by atoms with E-state index >= 15 is 0 Å². The quantitative estimate of drug-likeness (QED) is 0.691. The van der Waals surface area contributed by atoms with Gasteiger partial charge in [0.05, 0.1) is 6.54 Å². The molecule has 2 unspecified atom stereocenters. The zero-order chi connectivity index (χ0) is 14.4. The SMILES string of the molecule is CNC1CCCN(CC(=O)NC(C)C(=O)N(C)C)C1. The Morgan fingerprint density at radius 3 is 2.68 bits per heavy atom. The van der Waals surface area contributed by atoms with Gasteiger partial charge in [0.1, 0.15) is 6.04 Å². The number of carbonyl (C=O) groups excluding carboxylic acids is 2. The van der Waals surface area contributed by atoms with Gasteiger partial charge in [-0.3, -0.25) is 14.5 Å². The van der Waals surface area contributed by atoms with Gasteiger partial charge in [-0.25, -0.2) is 0 Å². The van der Waals surface area contributed by atoms with Crippen molar-refractivity contribution in [1.82, 2.24) is 20.4 Å². The molecule has 19 heavy (non-hydrogen) atoms. The molecule has 0 spiro atoms. The number of likely N-dealkylation sites (tertiary alicyclic amines) is 1. The fourth-order valence-electron chi connectivity index (χ4n) is 2.37. The number of rotatable bonds is 5. The number of likely N-dealkylation sites (N-methyl/N-ethyl adjacent to an activating group) is 2. The van der Waals surface area contributed by atoms with E-state index in [0.29, 0.717) is 12.6 Å². The van der Waals surface area contributed by atoms with Crippen LogP contribution in [0.2, 0.25) is 0 Å². The lowest BCUT2D eigenvalue weighted by molar-refractivity contribution is -0.134. The number of hydrogen-bond donors (Lipinski definition) is 2. The number of nitrogens with zero attached hydrogens (tertiary/aromatic N) is 2. The molecule has 0 bridgehead atoms. The first-order valence-electron chi connectivity index (χ1n) is 6.84. The minimum atomic E-state index is -0.465. The molecule has 0 saturated carbocycles. The first kappa shape index (κ1) is 15.9. The third-order valence-corrected chi connectivity index (χ3v) is 3.47. The van der Waals surface area contributed by atoms with Crippen molar-refractivity contribution in [2.75, 3.05) is 40.8 Å². The highest BCUT2D eigenvalue weighted by Gasteiger charge is 2.22. The topological polar surface area (TPSA) is 64.7 Å². The Morgan fingerprint density at radius 1 is 1.42 bits per heavy atom. The molecule has 1 aliphatic rings. The molecular formula is C13H26N4O2. The second-order valence-corrected chi connectivity index (χ2v) is 5.38. The fraction of sp³-hybridized carbons (Fsp3) is 0.846. The first-order valence-corrected chi connectivity index (χ1v) is 6.84. The van der Waals surface area contributed by atoms with Crippen LogP contribution in [0.3, 0.4) is 0 Å². The third-order valence-electron chi connectivity index (χ3n) is 3.47. The summed E-state index contributed by atoms with van der Waals surface area (Å²) in [6.07, 6.45) is 2.26. The molecular weight excluding hydrogens is 244 g/mol. The van der Waals surface area contributed by atoms with Crippen molar-refractivity contribution in [3.63, 3.8) is 0 Å². The van der Waals surface area contributed by atoms with Crippen molar-refractivity contribution >= 4 is 11.8 Å². The highest BCUT2D eigenvalue weighted by atomic mass is 16.2. The van der Waals surface area contributed by atoms with E-state index in [0.717, 1.165) is 25.9 Å². The van der Waals surface area contributed by atoms with Crippen molar-refractivity contribution in [3.05, 3.63) is 0 Å². The standard InChI is InChI=1S/C13H26N4O2/c1-10(13(19)16(3)4)15-12(18)9-17-7-5-6-11(8-17)14-2/h10-11,14H,5-9H2,1-4H3,(H,15,18). The van der Waals surface area contributed by atoms with Crippen molar-refractivity contribution in [3.8, 4) is 0 Å². The normalized spacial score (nSPS) is 21.8. The summed E-state index contributed by atoms with van der Waals surface area (Å²) in [4.78, 5) is 27.2. The Kier molecular flexibility index (Phi) is 6.24. The van der Waals surface area contributed by atoms with Gasteiger partial charge in [0, 0.05) is 26.7 Å². The van der Waals surface area contributed by atoms with Gasteiger partial charge in [0.2, 0.25) is 11.8 Å². The van der Waals surface area contributed by atoms with Crippen LogP contribution in [0, 0.1) is 0 Å². The van der Waals surface area contributed by atoms with Crippen molar-refractivity contribution in [2.45, 2.75) is 31.8 Å². The van der Waals surface area contributed by atoms with Crippen LogP contribution in [0.15, 0.2) is 0 Å². The van der Waals surface area contributed by atoms with Gasteiger partial charge >= 0.3 is 0 Å². The zero-order valence-electron chi connectivity index (χ0n) is 12.4. The molecule has 2 atom stereocenters. The van der Waals surface area contributed by atoms with Gasteiger partial charge in [-0.05, 0) is 33.4 Å². The Labute approximate surface area is 115 Å². The van der Waals surface area contributed by atoms with Crippen LogP contribution in [0.5, 0.6) is 0 Å². The summed E-state index contributed by atoms with van der Waals surface area (Å²) in [5, 5.41) is 6.00. The van der Waals surface area contributed by atoms with Gasteiger partial charge in [0.15, 0.2) is 0 Å². The van der Waals surface area contributed by atoms with Crippen LogP contribution >= 0.6 is 0 Å². The Hall–Kier alpha value is -1.14. The number of hydrogen-bond acceptors (Lipinski definition) is 4. The first-order chi connectivity index (χ1) is 8.93. The summed E-state index contributed by atoms with van der Waals surface area (Å²) in [5.41, 5.74) is 0. The maximum atomic E-state index is 11.9. The summed E-state index contributed by atoms with van der Waals surface area (Å²) >= 11 is 0. The van der Waals surface area contributed by atoms with Crippen LogP contribution in [0.4, 0.5) is 0 Å². The summed E-state index contributed by atoms with van der Waals surface area (Å²) in [6, 6.07) is -0.00484. The average Bonchev–Trinajstić information content (AvgIpc) is 2.37. The summed E-state index contributed by atoms with van der Waals surface area (Å²) in [7, 11) is 5.33. The predicted molar refractivity (Wildman–Crippen MR) is 74.8 cm³/mol. The van der Waals surface area contributed by atoms with Crippen LogP contribution < -0.4 is 10.6 Å². The van der Waals surface area contributed by atoms with E-state index in [1.165, 1.54) is 4.90 Å². The number of amides is 2. The molecule has 6 nitrogen and oxygen atoms in total. The highest BCUT2D eigenvalue weighted by molar-refractivity contribution is 5.87. The molecule has 0 aromatic carbocycles. The van der Waals surface area contributed by atoms with E-state index in [4.69, 9.17) is 0 Å². The largest absolute Gasteiger partial charge is 0.347 e. The maximum Gasteiger partial charge on any atom is 0.244 e. The second-order valence-electron chi connectivity index (χ2n) is 5.38. The van der Waals surface area contributed by atoms with E-state index in [9.17, 15) is 9.59 Å². The summed E-state index contributed by atoms with van der Waals surface area (Å²) in [6.45, 7) is 3.91. The molecule has 0 radical (unpaired) electrons. The van der Waals surface area contributed by atoms with Crippen molar-refractivity contribution < 1.29 is 9.59 Å². The van der Waals surface area contributed by atoms with E-state index < -0.39 is 6.04 Å². The van der Waals surface area contributed by atoms with E-state index in [1.807, 2.05) is 7.05 Å². The molecule has 1 fully saturated rings. The van der Waals surface area contributed by atoms with Gasteiger partial charge < -0.3 is 15.5 Å². The Bertz CT molecular complexity index is 320. The molecule has 1 rings (SSSR count). The molecule has 2 N–H and O–H groups in total. The Balaban J connectivity index is 2.36. The van der Waals surface area contributed by atoms with E-state index in [1.54, 1.807) is 21.0 Å².